The minimum atomic E-state index is -0.0934. The van der Waals surface area contributed by atoms with Crippen LogP contribution in [0.15, 0.2) is 18.3 Å². The summed E-state index contributed by atoms with van der Waals surface area (Å²) in [5, 5.41) is 4.98. The largest absolute Gasteiger partial charge is 0.397 e. The van der Waals surface area contributed by atoms with Gasteiger partial charge in [-0.25, -0.2) is 0 Å². The van der Waals surface area contributed by atoms with Crippen molar-refractivity contribution in [3.8, 4) is 0 Å². The third-order valence-electron chi connectivity index (χ3n) is 3.09. The molecule has 20 heavy (non-hydrogen) atoms. The molecule has 0 aliphatic heterocycles. The van der Waals surface area contributed by atoms with Crippen molar-refractivity contribution in [1.29, 1.82) is 0 Å². The number of aromatic nitrogens is 3. The molecule has 0 fully saturated rings. The molecule has 0 saturated heterocycles. The minimum absolute atomic E-state index is 0.0934. The Hall–Kier alpha value is -1.88. The quantitative estimate of drug-likeness (QED) is 0.859. The monoisotopic (exact) mass is 292 g/mol. The summed E-state index contributed by atoms with van der Waals surface area (Å²) < 4.78 is 1.77. The number of pyridine rings is 1. The molecule has 2 heterocycles. The van der Waals surface area contributed by atoms with Crippen LogP contribution in [-0.2, 0) is 19.4 Å². The molecular formula is C14H17ClN4O. The molecule has 2 aromatic rings. The van der Waals surface area contributed by atoms with Crippen LogP contribution in [0.2, 0.25) is 5.02 Å². The van der Waals surface area contributed by atoms with E-state index in [2.05, 4.69) is 10.1 Å². The van der Waals surface area contributed by atoms with Crippen molar-refractivity contribution < 1.29 is 4.79 Å². The summed E-state index contributed by atoms with van der Waals surface area (Å²) in [5.41, 5.74) is 8.05. The van der Waals surface area contributed by atoms with Gasteiger partial charge in [0.15, 0.2) is 5.78 Å². The van der Waals surface area contributed by atoms with Crippen molar-refractivity contribution in [2.24, 2.45) is 0 Å². The van der Waals surface area contributed by atoms with Gasteiger partial charge in [-0.15, -0.1) is 0 Å². The summed E-state index contributed by atoms with van der Waals surface area (Å²) >= 11 is 6.29. The molecule has 0 aromatic carbocycles. The third-order valence-corrected chi connectivity index (χ3v) is 3.53. The van der Waals surface area contributed by atoms with Crippen molar-refractivity contribution in [2.75, 3.05) is 5.73 Å². The molecule has 0 bridgehead atoms. The Bertz CT molecular complexity index is 619. The number of hydrogen-bond acceptors (Lipinski definition) is 4. The van der Waals surface area contributed by atoms with E-state index >= 15 is 0 Å². The standard InChI is InChI=1S/C14H17ClN4O/c1-3-10-14(15)12(19(4-2)18-10)7-13(20)11-6-5-9(16)8-17-11/h5-6,8H,3-4,7,16H2,1-2H3. The number of rotatable bonds is 5. The zero-order chi connectivity index (χ0) is 14.7. The van der Waals surface area contributed by atoms with Gasteiger partial charge >= 0.3 is 0 Å². The molecule has 0 atom stereocenters. The van der Waals surface area contributed by atoms with E-state index in [-0.39, 0.29) is 12.2 Å². The first-order valence-corrected chi connectivity index (χ1v) is 6.93. The molecule has 106 valence electrons. The molecule has 0 unspecified atom stereocenters. The lowest BCUT2D eigenvalue weighted by molar-refractivity contribution is 0.0986. The first-order valence-electron chi connectivity index (χ1n) is 6.55. The molecule has 6 heteroatoms. The zero-order valence-electron chi connectivity index (χ0n) is 11.6. The normalized spacial score (nSPS) is 10.8. The fraction of sp³-hybridized carbons (Fsp3) is 0.357. The van der Waals surface area contributed by atoms with E-state index in [9.17, 15) is 4.79 Å². The topological polar surface area (TPSA) is 73.8 Å². The lowest BCUT2D eigenvalue weighted by atomic mass is 10.1. The average Bonchev–Trinajstić information content (AvgIpc) is 2.76. The van der Waals surface area contributed by atoms with E-state index in [1.54, 1.807) is 16.8 Å². The lowest BCUT2D eigenvalue weighted by Crippen LogP contribution is -2.11. The second kappa shape index (κ2) is 6.05. The summed E-state index contributed by atoms with van der Waals surface area (Å²) in [6.45, 7) is 4.64. The SMILES string of the molecule is CCc1nn(CC)c(CC(=O)c2ccc(N)cn2)c1Cl. The van der Waals surface area contributed by atoms with Crippen molar-refractivity contribution in [1.82, 2.24) is 14.8 Å². The van der Waals surface area contributed by atoms with Gasteiger partial charge in [-0.1, -0.05) is 18.5 Å². The van der Waals surface area contributed by atoms with E-state index in [0.717, 1.165) is 17.8 Å². The second-order valence-corrected chi connectivity index (χ2v) is 4.83. The molecule has 2 N–H and O–H groups in total. The molecule has 5 nitrogen and oxygen atoms in total. The van der Waals surface area contributed by atoms with Crippen molar-refractivity contribution in [3.63, 3.8) is 0 Å². The smallest absolute Gasteiger partial charge is 0.187 e. The highest BCUT2D eigenvalue weighted by molar-refractivity contribution is 6.32. The first kappa shape index (κ1) is 14.5. The maximum absolute atomic E-state index is 12.2. The molecule has 0 amide bonds. The van der Waals surface area contributed by atoms with Crippen LogP contribution in [0.3, 0.4) is 0 Å². The van der Waals surface area contributed by atoms with Crippen LogP contribution in [0.4, 0.5) is 5.69 Å². The van der Waals surface area contributed by atoms with Crippen LogP contribution in [0.25, 0.3) is 0 Å². The van der Waals surface area contributed by atoms with Gasteiger partial charge in [0.2, 0.25) is 0 Å². The highest BCUT2D eigenvalue weighted by atomic mass is 35.5. The molecule has 0 spiro atoms. The number of Topliss-reactive ketones (excluding diaryl/α,β-unsaturated/α-hetero) is 1. The summed E-state index contributed by atoms with van der Waals surface area (Å²) in [6, 6.07) is 3.29. The highest BCUT2D eigenvalue weighted by Crippen LogP contribution is 2.23. The van der Waals surface area contributed by atoms with Crippen molar-refractivity contribution in [2.45, 2.75) is 33.2 Å². The highest BCUT2D eigenvalue weighted by Gasteiger charge is 2.18. The van der Waals surface area contributed by atoms with E-state index in [1.165, 1.54) is 6.20 Å². The lowest BCUT2D eigenvalue weighted by Gasteiger charge is -2.04. The molecule has 0 aliphatic rings. The average molecular weight is 293 g/mol. The maximum Gasteiger partial charge on any atom is 0.187 e. The fourth-order valence-electron chi connectivity index (χ4n) is 2.00. The van der Waals surface area contributed by atoms with Gasteiger partial charge in [-0.05, 0) is 25.5 Å². The Morgan fingerprint density at radius 3 is 2.70 bits per heavy atom. The van der Waals surface area contributed by atoms with Crippen molar-refractivity contribution in [3.05, 3.63) is 40.4 Å². The van der Waals surface area contributed by atoms with Gasteiger partial charge in [0.25, 0.3) is 0 Å². The Morgan fingerprint density at radius 2 is 2.15 bits per heavy atom. The number of carbonyl (C=O) groups is 1. The minimum Gasteiger partial charge on any atom is -0.397 e. The van der Waals surface area contributed by atoms with Gasteiger partial charge in [0.1, 0.15) is 5.69 Å². The second-order valence-electron chi connectivity index (χ2n) is 4.45. The van der Waals surface area contributed by atoms with E-state index in [4.69, 9.17) is 17.3 Å². The number of carbonyl (C=O) groups excluding carboxylic acids is 1. The molecular weight excluding hydrogens is 276 g/mol. The Morgan fingerprint density at radius 1 is 1.40 bits per heavy atom. The molecule has 0 saturated carbocycles. The molecule has 0 aliphatic carbocycles. The number of aryl methyl sites for hydroxylation is 2. The Balaban J connectivity index is 2.27. The number of anilines is 1. The number of nitrogen functional groups attached to an aromatic ring is 1. The van der Waals surface area contributed by atoms with Gasteiger partial charge in [-0.2, -0.15) is 5.10 Å². The van der Waals surface area contributed by atoms with Gasteiger partial charge in [-0.3, -0.25) is 14.5 Å². The van der Waals surface area contributed by atoms with Crippen LogP contribution >= 0.6 is 11.6 Å². The van der Waals surface area contributed by atoms with E-state index < -0.39 is 0 Å². The Labute approximate surface area is 122 Å². The van der Waals surface area contributed by atoms with Crippen LogP contribution in [-0.4, -0.2) is 20.5 Å². The van der Waals surface area contributed by atoms with Crippen molar-refractivity contribution >= 4 is 23.1 Å². The number of hydrogen-bond donors (Lipinski definition) is 1. The summed E-state index contributed by atoms with van der Waals surface area (Å²) in [7, 11) is 0. The maximum atomic E-state index is 12.2. The fourth-order valence-corrected chi connectivity index (χ4v) is 2.33. The molecule has 2 rings (SSSR count). The number of halogens is 1. The first-order chi connectivity index (χ1) is 9.56. The summed E-state index contributed by atoms with van der Waals surface area (Å²) in [5.74, 6) is -0.0934. The van der Waals surface area contributed by atoms with Crippen LogP contribution < -0.4 is 5.73 Å². The van der Waals surface area contributed by atoms with E-state index in [1.807, 2.05) is 13.8 Å². The van der Waals surface area contributed by atoms with Crippen LogP contribution in [0, 0.1) is 0 Å². The van der Waals surface area contributed by atoms with Crippen LogP contribution in [0.5, 0.6) is 0 Å². The van der Waals surface area contributed by atoms with Gasteiger partial charge < -0.3 is 5.73 Å². The Kier molecular flexibility index (Phi) is 4.39. The molecule has 2 aromatic heterocycles. The van der Waals surface area contributed by atoms with Crippen LogP contribution in [0.1, 0.15) is 35.7 Å². The molecule has 0 radical (unpaired) electrons. The zero-order valence-corrected chi connectivity index (χ0v) is 12.3. The number of nitrogens with two attached hydrogens (primary N) is 1. The van der Waals surface area contributed by atoms with E-state index in [0.29, 0.717) is 22.9 Å². The number of ketones is 1. The summed E-state index contributed by atoms with van der Waals surface area (Å²) in [4.78, 5) is 16.3. The predicted molar refractivity (Wildman–Crippen MR) is 79.0 cm³/mol. The summed E-state index contributed by atoms with van der Waals surface area (Å²) in [6.07, 6.45) is 2.41. The van der Waals surface area contributed by atoms with Gasteiger partial charge in [0.05, 0.1) is 34.7 Å². The predicted octanol–water partition coefficient (Wildman–Crippen LogP) is 2.52. The third kappa shape index (κ3) is 2.82. The number of nitrogens with zero attached hydrogens (tertiary/aromatic N) is 3. The van der Waals surface area contributed by atoms with Gasteiger partial charge in [0, 0.05) is 6.54 Å².